The lowest BCUT2D eigenvalue weighted by Gasteiger charge is -2.19. The van der Waals surface area contributed by atoms with E-state index in [0.29, 0.717) is 23.5 Å². The summed E-state index contributed by atoms with van der Waals surface area (Å²) >= 11 is 0. The minimum Gasteiger partial charge on any atom is -0.309 e. The second-order valence-electron chi connectivity index (χ2n) is 18.2. The topological polar surface area (TPSA) is 48.5 Å². The quantitative estimate of drug-likeness (QED) is 0.156. The minimum atomic E-state index is 0.362. The van der Waals surface area contributed by atoms with Crippen LogP contribution in [-0.4, -0.2) is 24.1 Å². The molecule has 0 radical (unpaired) electrons. The fraction of sp³-hybridized carbons (Fsp3) is 0.0635. The number of nitrogens with zero attached hydrogens (tertiary/aromatic N) is 5. The number of aryl methyl sites for hydroxylation is 1. The molecule has 1 atom stereocenters. The van der Waals surface area contributed by atoms with Crippen LogP contribution in [0.3, 0.4) is 0 Å². The van der Waals surface area contributed by atoms with Gasteiger partial charge in [0, 0.05) is 44.3 Å². The van der Waals surface area contributed by atoms with Gasteiger partial charge in [0.15, 0.2) is 11.6 Å². The van der Waals surface area contributed by atoms with Crippen LogP contribution in [0.25, 0.3) is 117 Å². The van der Waals surface area contributed by atoms with Crippen LogP contribution in [0, 0.1) is 0 Å². The van der Waals surface area contributed by atoms with E-state index in [-0.39, 0.29) is 0 Å². The van der Waals surface area contributed by atoms with Crippen LogP contribution in [0.1, 0.15) is 35.4 Å². The van der Waals surface area contributed by atoms with Gasteiger partial charge >= 0.3 is 0 Å². The third-order valence-electron chi connectivity index (χ3n) is 14.4. The van der Waals surface area contributed by atoms with Crippen LogP contribution < -0.4 is 0 Å². The first-order chi connectivity index (χ1) is 33.7. The third-order valence-corrected chi connectivity index (χ3v) is 14.4. The zero-order valence-corrected chi connectivity index (χ0v) is 37.2. The largest absolute Gasteiger partial charge is 0.309 e. The number of para-hydroxylation sites is 2. The molecule has 0 aliphatic heterocycles. The summed E-state index contributed by atoms with van der Waals surface area (Å²) < 4.78 is 4.68. The van der Waals surface area contributed by atoms with Crippen molar-refractivity contribution in [1.82, 2.24) is 24.1 Å². The van der Waals surface area contributed by atoms with Crippen molar-refractivity contribution in [1.29, 1.82) is 0 Å². The standard InChI is InChI=1S/C63H43N5/c1-3-16-40(17-4-1)41-30-32-43(33-31-41)62-64-61(42-18-5-2-6-19-42)65-63(66-62)68-58-29-14-12-27-53(58)56-38-59-55(39-60(56)68)52-26-11-13-28-57(52)67(59)46-21-15-20-44(36-46)45-34-35-51-49-24-8-7-22-47(49)48-23-9-10-25-50(48)54(51)37-45/h1-8,10-16,18-22,24-40H,9,17,23H2. The molecule has 3 aromatic heterocycles. The summed E-state index contributed by atoms with van der Waals surface area (Å²) in [6.07, 6.45) is 16.6. The van der Waals surface area contributed by atoms with Gasteiger partial charge in [0.2, 0.25) is 5.95 Å². The number of hydrogen-bond acceptors (Lipinski definition) is 3. The molecule has 2 aliphatic carbocycles. The normalized spacial score (nSPS) is 14.6. The number of aromatic nitrogens is 5. The first-order valence-corrected chi connectivity index (χ1v) is 23.7. The summed E-state index contributed by atoms with van der Waals surface area (Å²) in [6.45, 7) is 0. The van der Waals surface area contributed by atoms with E-state index in [2.05, 4.69) is 209 Å². The Morgan fingerprint density at radius 3 is 1.78 bits per heavy atom. The van der Waals surface area contributed by atoms with Gasteiger partial charge in [-0.3, -0.25) is 4.57 Å². The molecule has 1 unspecified atom stereocenters. The zero-order valence-electron chi connectivity index (χ0n) is 37.2. The summed E-state index contributed by atoms with van der Waals surface area (Å²) in [6, 6.07) is 66.1. The van der Waals surface area contributed by atoms with Crippen molar-refractivity contribution in [3.05, 3.63) is 229 Å². The molecule has 0 saturated carbocycles. The van der Waals surface area contributed by atoms with E-state index in [4.69, 9.17) is 15.0 Å². The van der Waals surface area contributed by atoms with Gasteiger partial charge in [0.05, 0.1) is 22.1 Å². The molecule has 0 bridgehead atoms. The van der Waals surface area contributed by atoms with Gasteiger partial charge in [-0.1, -0.05) is 176 Å². The Kier molecular flexibility index (Phi) is 8.78. The number of allylic oxidation sites excluding steroid dienone is 5. The van der Waals surface area contributed by atoms with Crippen LogP contribution in [0.5, 0.6) is 0 Å². The molecule has 12 aromatic rings. The average molecular weight is 870 g/mol. The zero-order chi connectivity index (χ0) is 44.7. The van der Waals surface area contributed by atoms with Gasteiger partial charge in [-0.15, -0.1) is 0 Å². The van der Waals surface area contributed by atoms with Crippen molar-refractivity contribution < 1.29 is 0 Å². The van der Waals surface area contributed by atoms with E-state index in [9.17, 15) is 0 Å². The predicted octanol–water partition coefficient (Wildman–Crippen LogP) is 15.9. The molecule has 9 aromatic carbocycles. The van der Waals surface area contributed by atoms with Crippen LogP contribution in [0.15, 0.2) is 212 Å². The van der Waals surface area contributed by atoms with Crippen LogP contribution in [0.2, 0.25) is 0 Å². The Labute approximate surface area is 393 Å². The Hall–Kier alpha value is -8.67. The Morgan fingerprint density at radius 2 is 1.03 bits per heavy atom. The first-order valence-electron chi connectivity index (χ1n) is 23.7. The molecule has 68 heavy (non-hydrogen) atoms. The number of fused-ring (bicyclic) bond motifs is 12. The molecule has 320 valence electrons. The highest BCUT2D eigenvalue weighted by atomic mass is 15.2. The predicted molar refractivity (Wildman–Crippen MR) is 283 cm³/mol. The van der Waals surface area contributed by atoms with Gasteiger partial charge < -0.3 is 4.57 Å². The average Bonchev–Trinajstić information content (AvgIpc) is 3.92. The van der Waals surface area contributed by atoms with E-state index >= 15 is 0 Å². The van der Waals surface area contributed by atoms with Gasteiger partial charge in [-0.25, -0.2) is 4.98 Å². The molecule has 2 aliphatic rings. The van der Waals surface area contributed by atoms with Crippen molar-refractivity contribution in [2.45, 2.75) is 25.2 Å². The van der Waals surface area contributed by atoms with Crippen molar-refractivity contribution in [3.8, 4) is 45.5 Å². The van der Waals surface area contributed by atoms with Crippen molar-refractivity contribution >= 4 is 71.2 Å². The molecule has 0 saturated heterocycles. The molecule has 14 rings (SSSR count). The highest BCUT2D eigenvalue weighted by molar-refractivity contribution is 6.19. The van der Waals surface area contributed by atoms with Gasteiger partial charge in [-0.05, 0) is 111 Å². The fourth-order valence-electron chi connectivity index (χ4n) is 11.1. The second kappa shape index (κ2) is 15.5. The van der Waals surface area contributed by atoms with Gasteiger partial charge in [0.25, 0.3) is 0 Å². The Balaban J connectivity index is 0.949. The molecule has 0 amide bonds. The monoisotopic (exact) mass is 869 g/mol. The molecular weight excluding hydrogens is 827 g/mol. The van der Waals surface area contributed by atoms with Crippen molar-refractivity contribution in [3.63, 3.8) is 0 Å². The molecule has 3 heterocycles. The minimum absolute atomic E-state index is 0.362. The lowest BCUT2D eigenvalue weighted by molar-refractivity contribution is 0.854. The maximum Gasteiger partial charge on any atom is 0.238 e. The smallest absolute Gasteiger partial charge is 0.238 e. The fourth-order valence-corrected chi connectivity index (χ4v) is 11.1. The molecule has 5 nitrogen and oxygen atoms in total. The lowest BCUT2D eigenvalue weighted by atomic mass is 9.86. The van der Waals surface area contributed by atoms with Gasteiger partial charge in [0.1, 0.15) is 0 Å². The maximum absolute atomic E-state index is 5.31. The molecule has 5 heteroatoms. The van der Waals surface area contributed by atoms with Crippen LogP contribution in [-0.2, 0) is 6.42 Å². The lowest BCUT2D eigenvalue weighted by Crippen LogP contribution is -2.06. The van der Waals surface area contributed by atoms with Gasteiger partial charge in [-0.2, -0.15) is 9.97 Å². The number of hydrogen-bond donors (Lipinski definition) is 0. The second-order valence-corrected chi connectivity index (χ2v) is 18.2. The van der Waals surface area contributed by atoms with E-state index in [1.54, 1.807) is 0 Å². The summed E-state index contributed by atoms with van der Waals surface area (Å²) in [4.78, 5) is 15.7. The summed E-state index contributed by atoms with van der Waals surface area (Å²) in [5.74, 6) is 2.22. The Bertz CT molecular complexity index is 4110. The van der Waals surface area contributed by atoms with E-state index in [0.717, 1.165) is 68.9 Å². The summed E-state index contributed by atoms with van der Waals surface area (Å²) in [7, 11) is 0. The molecule has 0 N–H and O–H groups in total. The highest BCUT2D eigenvalue weighted by Gasteiger charge is 2.22. The third kappa shape index (κ3) is 6.13. The molecule has 0 spiro atoms. The van der Waals surface area contributed by atoms with E-state index in [1.807, 2.05) is 18.2 Å². The molecular formula is C63H43N5. The van der Waals surface area contributed by atoms with E-state index in [1.165, 1.54) is 60.1 Å². The SMILES string of the molecule is C1=CCC(c2ccc(-c3nc(-c4ccccc4)nc(-n4c5ccccc5c5cc6c(cc54)c4ccccc4n6-c4cccc(-c5ccc6c(c5)c5c(c7ccccc76)CCC=C5)c4)n3)cc2)C=C1. The maximum atomic E-state index is 5.31. The number of rotatable bonds is 6. The Morgan fingerprint density at radius 1 is 0.412 bits per heavy atom. The van der Waals surface area contributed by atoms with Crippen LogP contribution >= 0.6 is 0 Å². The first kappa shape index (κ1) is 38.6. The molecule has 0 fully saturated rings. The van der Waals surface area contributed by atoms with Crippen molar-refractivity contribution in [2.75, 3.05) is 0 Å². The van der Waals surface area contributed by atoms with E-state index < -0.39 is 0 Å². The summed E-state index contributed by atoms with van der Waals surface area (Å²) in [5, 5.41) is 9.95. The highest BCUT2D eigenvalue weighted by Crippen LogP contribution is 2.42. The van der Waals surface area contributed by atoms with Crippen LogP contribution in [0.4, 0.5) is 0 Å². The number of benzene rings is 9. The van der Waals surface area contributed by atoms with Crippen molar-refractivity contribution in [2.24, 2.45) is 0 Å². The summed E-state index contributed by atoms with van der Waals surface area (Å²) in [5.41, 5.74) is 13.9.